The monoisotopic (exact) mass is 452 g/mol. The molecule has 1 aliphatic rings. The number of benzene rings is 2. The Kier molecular flexibility index (Phi) is 7.76. The van der Waals surface area contributed by atoms with Crippen LogP contribution in [0.15, 0.2) is 42.1 Å². The van der Waals surface area contributed by atoms with Crippen molar-refractivity contribution in [3.8, 4) is 11.5 Å². The number of hydrogen-bond acceptors (Lipinski definition) is 6. The summed E-state index contributed by atoms with van der Waals surface area (Å²) in [5.41, 5.74) is 4.02. The van der Waals surface area contributed by atoms with Crippen LogP contribution in [0.1, 0.15) is 37.0 Å². The predicted octanol–water partition coefficient (Wildman–Crippen LogP) is 4.33. The van der Waals surface area contributed by atoms with Gasteiger partial charge in [-0.15, -0.1) is 0 Å². The summed E-state index contributed by atoms with van der Waals surface area (Å²) in [5, 5.41) is 3.22. The zero-order valence-corrected chi connectivity index (χ0v) is 20.2. The van der Waals surface area contributed by atoms with E-state index in [0.717, 1.165) is 16.8 Å². The molecule has 2 amide bonds. The van der Waals surface area contributed by atoms with Gasteiger partial charge in [0.15, 0.2) is 11.5 Å². The number of hydrogen-bond donors (Lipinski definition) is 1. The first-order valence-corrected chi connectivity index (χ1v) is 11.0. The lowest BCUT2D eigenvalue weighted by molar-refractivity contribution is -0.137. The van der Waals surface area contributed by atoms with Gasteiger partial charge in [-0.2, -0.15) is 0 Å². The fourth-order valence-corrected chi connectivity index (χ4v) is 3.89. The zero-order chi connectivity index (χ0) is 24.1. The molecule has 0 fully saturated rings. The molecule has 0 saturated heterocycles. The molecule has 0 atom stereocenters. The van der Waals surface area contributed by atoms with E-state index in [4.69, 9.17) is 14.2 Å². The van der Waals surface area contributed by atoms with Crippen molar-refractivity contribution in [3.05, 3.63) is 58.8 Å². The fourth-order valence-electron chi connectivity index (χ4n) is 3.89. The highest BCUT2D eigenvalue weighted by Crippen LogP contribution is 2.36. The number of anilines is 1. The molecule has 3 rings (SSSR count). The van der Waals surface area contributed by atoms with Gasteiger partial charge in [-0.1, -0.05) is 12.1 Å². The van der Waals surface area contributed by atoms with Crippen molar-refractivity contribution < 1.29 is 23.8 Å². The van der Waals surface area contributed by atoms with Crippen LogP contribution >= 0.6 is 0 Å². The zero-order valence-electron chi connectivity index (χ0n) is 20.2. The Morgan fingerprint density at radius 3 is 2.18 bits per heavy atom. The summed E-state index contributed by atoms with van der Waals surface area (Å²) >= 11 is 0. The lowest BCUT2D eigenvalue weighted by Crippen LogP contribution is -2.34. The summed E-state index contributed by atoms with van der Waals surface area (Å²) in [6.07, 6.45) is 0.656. The topological polar surface area (TPSA) is 77.1 Å². The number of amides is 2. The van der Waals surface area contributed by atoms with Gasteiger partial charge >= 0.3 is 0 Å². The SMILES string of the molecule is COc1ccc(C2=C(Nc3cc(C)cc(C)c3)C(=O)N(CCCOC(C)C)C2=O)cc1OC. The van der Waals surface area contributed by atoms with E-state index in [1.807, 2.05) is 39.8 Å². The van der Waals surface area contributed by atoms with Crippen LogP contribution in [0.4, 0.5) is 5.69 Å². The van der Waals surface area contributed by atoms with Gasteiger partial charge in [-0.3, -0.25) is 14.5 Å². The average molecular weight is 453 g/mol. The van der Waals surface area contributed by atoms with Gasteiger partial charge in [0.1, 0.15) is 5.70 Å². The van der Waals surface area contributed by atoms with Crippen molar-refractivity contribution >= 4 is 23.1 Å². The summed E-state index contributed by atoms with van der Waals surface area (Å²) in [6.45, 7) is 8.64. The Balaban J connectivity index is 2.00. The molecule has 0 saturated carbocycles. The smallest absolute Gasteiger partial charge is 0.278 e. The Morgan fingerprint density at radius 1 is 0.909 bits per heavy atom. The second-order valence-electron chi connectivity index (χ2n) is 8.36. The molecule has 1 aliphatic heterocycles. The number of nitrogens with one attached hydrogen (secondary N) is 1. The number of nitrogens with zero attached hydrogens (tertiary/aromatic N) is 1. The maximum atomic E-state index is 13.4. The minimum Gasteiger partial charge on any atom is -0.493 e. The Morgan fingerprint density at radius 2 is 1.58 bits per heavy atom. The molecular weight excluding hydrogens is 420 g/mol. The van der Waals surface area contributed by atoms with Crippen molar-refractivity contribution in [1.82, 2.24) is 4.90 Å². The van der Waals surface area contributed by atoms with Gasteiger partial charge in [0.25, 0.3) is 11.8 Å². The Hall–Kier alpha value is -3.32. The van der Waals surface area contributed by atoms with E-state index in [1.165, 1.54) is 12.0 Å². The third-order valence-corrected chi connectivity index (χ3v) is 5.31. The van der Waals surface area contributed by atoms with Crippen LogP contribution in [0.25, 0.3) is 5.57 Å². The number of ether oxygens (including phenoxy) is 3. The van der Waals surface area contributed by atoms with Crippen molar-refractivity contribution in [3.63, 3.8) is 0 Å². The molecule has 0 radical (unpaired) electrons. The molecule has 1 N–H and O–H groups in total. The number of methoxy groups -OCH3 is 2. The molecule has 1 heterocycles. The summed E-state index contributed by atoms with van der Waals surface area (Å²) in [6, 6.07) is 11.2. The first-order chi connectivity index (χ1) is 15.7. The average Bonchev–Trinajstić information content (AvgIpc) is 2.99. The van der Waals surface area contributed by atoms with Gasteiger partial charge in [0.05, 0.1) is 25.9 Å². The van der Waals surface area contributed by atoms with Crippen molar-refractivity contribution in [1.29, 1.82) is 0 Å². The quantitative estimate of drug-likeness (QED) is 0.427. The molecule has 7 nitrogen and oxygen atoms in total. The molecule has 0 bridgehead atoms. The first kappa shape index (κ1) is 24.3. The van der Waals surface area contributed by atoms with E-state index in [-0.39, 0.29) is 30.2 Å². The second-order valence-corrected chi connectivity index (χ2v) is 8.36. The Bertz CT molecular complexity index is 1050. The van der Waals surface area contributed by atoms with E-state index in [0.29, 0.717) is 35.7 Å². The molecule has 176 valence electrons. The summed E-state index contributed by atoms with van der Waals surface area (Å²) < 4.78 is 16.3. The minimum atomic E-state index is -0.353. The van der Waals surface area contributed by atoms with Crippen LogP contribution in [0.2, 0.25) is 0 Å². The lowest BCUT2D eigenvalue weighted by Gasteiger charge is -2.16. The number of carbonyl (C=O) groups excluding carboxylic acids is 2. The van der Waals surface area contributed by atoms with Gasteiger partial charge in [0, 0.05) is 18.8 Å². The molecular formula is C26H32N2O5. The number of aryl methyl sites for hydroxylation is 2. The lowest BCUT2D eigenvalue weighted by atomic mass is 10.0. The van der Waals surface area contributed by atoms with Crippen molar-refractivity contribution in [2.45, 2.75) is 40.2 Å². The molecule has 33 heavy (non-hydrogen) atoms. The normalized spacial score (nSPS) is 13.8. The molecule has 2 aromatic carbocycles. The van der Waals surface area contributed by atoms with Crippen LogP contribution in [0.3, 0.4) is 0 Å². The van der Waals surface area contributed by atoms with Crippen LogP contribution < -0.4 is 14.8 Å². The summed E-state index contributed by atoms with van der Waals surface area (Å²) in [5.74, 6) is 0.333. The molecule has 0 aromatic heterocycles. The fraction of sp³-hybridized carbons (Fsp3) is 0.385. The van der Waals surface area contributed by atoms with E-state index in [1.54, 1.807) is 25.3 Å². The minimum absolute atomic E-state index is 0.0946. The highest BCUT2D eigenvalue weighted by molar-refractivity contribution is 6.36. The standard InChI is InChI=1S/C26H32N2O5/c1-16(2)33-11-7-10-28-25(29)23(19-8-9-21(31-5)22(15-19)32-6)24(26(28)30)27-20-13-17(3)12-18(4)14-20/h8-9,12-16,27H,7,10-11H2,1-6H3. The third-order valence-electron chi connectivity index (χ3n) is 5.31. The summed E-state index contributed by atoms with van der Waals surface area (Å²) in [7, 11) is 3.09. The second kappa shape index (κ2) is 10.5. The van der Waals surface area contributed by atoms with Gasteiger partial charge in [0.2, 0.25) is 0 Å². The highest BCUT2D eigenvalue weighted by atomic mass is 16.5. The third kappa shape index (κ3) is 5.54. The molecule has 0 spiro atoms. The van der Waals surface area contributed by atoms with E-state index >= 15 is 0 Å². The number of carbonyl (C=O) groups is 2. The largest absolute Gasteiger partial charge is 0.493 e. The van der Waals surface area contributed by atoms with E-state index < -0.39 is 0 Å². The number of rotatable bonds is 10. The molecule has 2 aromatic rings. The molecule has 0 unspecified atom stereocenters. The number of imide groups is 1. The van der Waals surface area contributed by atoms with Gasteiger partial charge in [-0.25, -0.2) is 0 Å². The first-order valence-electron chi connectivity index (χ1n) is 11.0. The van der Waals surface area contributed by atoms with Crippen LogP contribution in [0.5, 0.6) is 11.5 Å². The van der Waals surface area contributed by atoms with Crippen molar-refractivity contribution in [2.24, 2.45) is 0 Å². The van der Waals surface area contributed by atoms with Gasteiger partial charge < -0.3 is 19.5 Å². The summed E-state index contributed by atoms with van der Waals surface area (Å²) in [4.78, 5) is 28.1. The maximum absolute atomic E-state index is 13.4. The predicted molar refractivity (Wildman–Crippen MR) is 128 cm³/mol. The van der Waals surface area contributed by atoms with Gasteiger partial charge in [-0.05, 0) is 75.1 Å². The van der Waals surface area contributed by atoms with Crippen LogP contribution in [-0.2, 0) is 14.3 Å². The van der Waals surface area contributed by atoms with E-state index in [2.05, 4.69) is 11.4 Å². The molecule has 0 aliphatic carbocycles. The van der Waals surface area contributed by atoms with Crippen LogP contribution in [0, 0.1) is 13.8 Å². The van der Waals surface area contributed by atoms with E-state index in [9.17, 15) is 9.59 Å². The van der Waals surface area contributed by atoms with Crippen LogP contribution in [-0.4, -0.2) is 50.2 Å². The Labute approximate surface area is 195 Å². The van der Waals surface area contributed by atoms with Crippen molar-refractivity contribution in [2.75, 3.05) is 32.7 Å². The molecule has 7 heteroatoms. The highest BCUT2D eigenvalue weighted by Gasteiger charge is 2.39. The maximum Gasteiger partial charge on any atom is 0.278 e.